The van der Waals surface area contributed by atoms with E-state index in [4.69, 9.17) is 0 Å². The Bertz CT molecular complexity index is 172. The summed E-state index contributed by atoms with van der Waals surface area (Å²) in [5.74, 6) is 0. The molecule has 12 heavy (non-hydrogen) atoms. The highest BCUT2D eigenvalue weighted by molar-refractivity contribution is 5.12. The summed E-state index contributed by atoms with van der Waals surface area (Å²) < 4.78 is 0. The third kappa shape index (κ3) is 1.24. The van der Waals surface area contributed by atoms with E-state index in [1.807, 2.05) is 0 Å². The highest BCUT2D eigenvalue weighted by Gasteiger charge is 2.36. The monoisotopic (exact) mass is 166 g/mol. The number of rotatable bonds is 0. The van der Waals surface area contributed by atoms with Gasteiger partial charge in [-0.05, 0) is 38.8 Å². The van der Waals surface area contributed by atoms with Crippen molar-refractivity contribution < 1.29 is 0 Å². The number of allylic oxidation sites excluding steroid dienone is 1. The van der Waals surface area contributed by atoms with Gasteiger partial charge in [-0.2, -0.15) is 0 Å². The van der Waals surface area contributed by atoms with E-state index < -0.39 is 0 Å². The molecule has 2 saturated heterocycles. The topological polar surface area (TPSA) is 24.1 Å². The average molecular weight is 166 g/mol. The van der Waals surface area contributed by atoms with Crippen molar-refractivity contribution in [2.75, 3.05) is 19.6 Å². The van der Waals surface area contributed by atoms with E-state index in [1.54, 1.807) is 0 Å². The van der Waals surface area contributed by atoms with Crippen LogP contribution in [0.4, 0.5) is 0 Å². The average Bonchev–Trinajstić information content (AvgIpc) is 2.12. The molecule has 2 rings (SSSR count). The van der Waals surface area contributed by atoms with Crippen molar-refractivity contribution in [1.29, 1.82) is 0 Å². The van der Waals surface area contributed by atoms with Crippen LogP contribution in [0.1, 0.15) is 25.7 Å². The van der Waals surface area contributed by atoms with Crippen molar-refractivity contribution >= 4 is 0 Å². The quantitative estimate of drug-likeness (QED) is 0.566. The molecule has 0 saturated carbocycles. The second-order valence-corrected chi connectivity index (χ2v) is 4.04. The molecule has 2 heteroatoms. The van der Waals surface area contributed by atoms with Crippen molar-refractivity contribution in [3.8, 4) is 0 Å². The van der Waals surface area contributed by atoms with Gasteiger partial charge in [0.2, 0.25) is 0 Å². The normalized spacial score (nSPS) is 28.5. The Morgan fingerprint density at radius 2 is 1.83 bits per heavy atom. The molecule has 0 atom stereocenters. The van der Waals surface area contributed by atoms with Crippen LogP contribution in [0.5, 0.6) is 0 Å². The summed E-state index contributed by atoms with van der Waals surface area (Å²) in [6, 6.07) is 0. The van der Waals surface area contributed by atoms with Crippen molar-refractivity contribution in [3.63, 3.8) is 0 Å². The number of nitrogens with one attached hydrogen (secondary N) is 2. The van der Waals surface area contributed by atoms with Gasteiger partial charge in [-0.15, -0.1) is 0 Å². The largest absolute Gasteiger partial charge is 0.388 e. The maximum Gasteiger partial charge on any atom is 0.0144 e. The van der Waals surface area contributed by atoms with Crippen LogP contribution in [0.3, 0.4) is 0 Å². The van der Waals surface area contributed by atoms with Crippen LogP contribution in [-0.4, -0.2) is 19.6 Å². The first-order valence-electron chi connectivity index (χ1n) is 4.97. The molecule has 2 fully saturated rings. The Balaban J connectivity index is 2.09. The molecule has 1 spiro atoms. The van der Waals surface area contributed by atoms with Gasteiger partial charge >= 0.3 is 0 Å². The smallest absolute Gasteiger partial charge is 0.0144 e. The zero-order chi connectivity index (χ0) is 8.44. The van der Waals surface area contributed by atoms with Gasteiger partial charge in [0.05, 0.1) is 0 Å². The minimum atomic E-state index is 0.448. The maximum absolute atomic E-state index is 4.15. The van der Waals surface area contributed by atoms with Gasteiger partial charge in [-0.1, -0.05) is 6.58 Å². The summed E-state index contributed by atoms with van der Waals surface area (Å²) in [6.45, 7) is 7.62. The summed E-state index contributed by atoms with van der Waals surface area (Å²) in [5.41, 5.74) is 1.75. The van der Waals surface area contributed by atoms with E-state index in [9.17, 15) is 0 Å². The van der Waals surface area contributed by atoms with E-state index in [2.05, 4.69) is 17.2 Å². The van der Waals surface area contributed by atoms with E-state index in [0.717, 1.165) is 6.54 Å². The molecule has 0 bridgehead atoms. The molecular formula is C10H18N2. The second kappa shape index (κ2) is 3.09. The molecule has 2 heterocycles. The molecule has 0 aromatic heterocycles. The maximum atomic E-state index is 4.15. The third-order valence-corrected chi connectivity index (χ3v) is 3.37. The van der Waals surface area contributed by atoms with E-state index >= 15 is 0 Å². The summed E-state index contributed by atoms with van der Waals surface area (Å²) in [5, 5.41) is 6.83. The Morgan fingerprint density at radius 3 is 2.50 bits per heavy atom. The Labute approximate surface area is 74.4 Å². The third-order valence-electron chi connectivity index (χ3n) is 3.37. The fourth-order valence-electron chi connectivity index (χ4n) is 2.46. The van der Waals surface area contributed by atoms with Crippen LogP contribution in [0.2, 0.25) is 0 Å². The van der Waals surface area contributed by atoms with Crippen LogP contribution < -0.4 is 10.6 Å². The Morgan fingerprint density at radius 1 is 1.08 bits per heavy atom. The fourth-order valence-corrected chi connectivity index (χ4v) is 2.46. The van der Waals surface area contributed by atoms with E-state index in [0.29, 0.717) is 5.41 Å². The molecule has 2 N–H and O–H groups in total. The van der Waals surface area contributed by atoms with Gasteiger partial charge in [0.25, 0.3) is 0 Å². The lowest BCUT2D eigenvalue weighted by Crippen LogP contribution is -2.44. The first-order valence-corrected chi connectivity index (χ1v) is 4.97. The highest BCUT2D eigenvalue weighted by Crippen LogP contribution is 2.41. The summed E-state index contributed by atoms with van der Waals surface area (Å²) in [4.78, 5) is 0. The Kier molecular flexibility index (Phi) is 2.09. The summed E-state index contributed by atoms with van der Waals surface area (Å²) in [7, 11) is 0. The van der Waals surface area contributed by atoms with Crippen molar-refractivity contribution in [2.24, 2.45) is 5.41 Å². The Hall–Kier alpha value is -0.500. The lowest BCUT2D eigenvalue weighted by atomic mass is 9.71. The fraction of sp³-hybridized carbons (Fsp3) is 0.800. The molecule has 0 amide bonds. The molecule has 2 aliphatic rings. The second-order valence-electron chi connectivity index (χ2n) is 4.04. The molecule has 0 aliphatic carbocycles. The van der Waals surface area contributed by atoms with Crippen molar-refractivity contribution in [3.05, 3.63) is 12.3 Å². The van der Waals surface area contributed by atoms with E-state index in [-0.39, 0.29) is 0 Å². The van der Waals surface area contributed by atoms with Crippen molar-refractivity contribution in [1.82, 2.24) is 10.6 Å². The van der Waals surface area contributed by atoms with Gasteiger partial charge in [-0.25, -0.2) is 0 Å². The first kappa shape index (κ1) is 8.11. The summed E-state index contributed by atoms with van der Waals surface area (Å²) in [6.07, 6.45) is 5.22. The number of piperidine rings is 2. The lowest BCUT2D eigenvalue weighted by molar-refractivity contribution is 0.197. The minimum absolute atomic E-state index is 0.448. The molecule has 2 nitrogen and oxygen atoms in total. The zero-order valence-electron chi connectivity index (χ0n) is 7.66. The van der Waals surface area contributed by atoms with Gasteiger partial charge < -0.3 is 10.6 Å². The van der Waals surface area contributed by atoms with Crippen LogP contribution in [0.25, 0.3) is 0 Å². The van der Waals surface area contributed by atoms with Crippen LogP contribution in [0, 0.1) is 5.41 Å². The molecule has 68 valence electrons. The molecule has 0 aromatic rings. The molecule has 0 aromatic carbocycles. The molecule has 2 aliphatic heterocycles. The SMILES string of the molecule is C=C1NCCCC12CCNCC2. The van der Waals surface area contributed by atoms with Gasteiger partial charge in [0.15, 0.2) is 0 Å². The first-order chi connectivity index (χ1) is 5.83. The predicted octanol–water partition coefficient (Wildman–Crippen LogP) is 1.25. The molecular weight excluding hydrogens is 148 g/mol. The zero-order valence-corrected chi connectivity index (χ0v) is 7.66. The lowest BCUT2D eigenvalue weighted by Gasteiger charge is -2.42. The van der Waals surface area contributed by atoms with Gasteiger partial charge in [0.1, 0.15) is 0 Å². The number of hydrogen-bond acceptors (Lipinski definition) is 2. The van der Waals surface area contributed by atoms with E-state index in [1.165, 1.54) is 44.5 Å². The summed E-state index contributed by atoms with van der Waals surface area (Å²) >= 11 is 0. The van der Waals surface area contributed by atoms with Gasteiger partial charge in [-0.3, -0.25) is 0 Å². The minimum Gasteiger partial charge on any atom is -0.388 e. The van der Waals surface area contributed by atoms with Crippen molar-refractivity contribution in [2.45, 2.75) is 25.7 Å². The molecule has 0 unspecified atom stereocenters. The predicted molar refractivity (Wildman–Crippen MR) is 50.9 cm³/mol. The standard InChI is InChI=1S/C10H18N2/c1-9-10(3-2-6-12-9)4-7-11-8-5-10/h11-12H,1-8H2. The van der Waals surface area contributed by atoms with Gasteiger partial charge in [0, 0.05) is 17.7 Å². The molecule has 0 radical (unpaired) electrons. The number of hydrogen-bond donors (Lipinski definition) is 2. The highest BCUT2D eigenvalue weighted by atomic mass is 14.9. The van der Waals surface area contributed by atoms with Crippen LogP contribution in [-0.2, 0) is 0 Å². The van der Waals surface area contributed by atoms with Crippen LogP contribution in [0.15, 0.2) is 12.3 Å². The van der Waals surface area contributed by atoms with Crippen LogP contribution >= 0.6 is 0 Å².